The van der Waals surface area contributed by atoms with Crippen LogP contribution in [0.1, 0.15) is 18.1 Å². The Bertz CT molecular complexity index is 850. The van der Waals surface area contributed by atoms with E-state index in [9.17, 15) is 9.90 Å². The molecule has 24 heavy (non-hydrogen) atoms. The molecule has 1 aromatic heterocycles. The molecule has 0 saturated heterocycles. The number of aliphatic hydroxyl groups excluding tert-OH is 1. The molecular formula is C19H18N2O3. The zero-order chi connectivity index (χ0) is 16.9. The second kappa shape index (κ2) is 7.10. The van der Waals surface area contributed by atoms with E-state index >= 15 is 0 Å². The van der Waals surface area contributed by atoms with E-state index in [1.807, 2.05) is 24.3 Å². The summed E-state index contributed by atoms with van der Waals surface area (Å²) in [5.74, 6) is 0.384. The van der Waals surface area contributed by atoms with Gasteiger partial charge in [-0.2, -0.15) is 0 Å². The average Bonchev–Trinajstić information content (AvgIpc) is 2.62. The highest BCUT2D eigenvalue weighted by Crippen LogP contribution is 2.30. The number of hydrogen-bond donors (Lipinski definition) is 2. The fourth-order valence-corrected chi connectivity index (χ4v) is 2.59. The van der Waals surface area contributed by atoms with Crippen LogP contribution in [0.2, 0.25) is 0 Å². The van der Waals surface area contributed by atoms with Crippen LogP contribution >= 0.6 is 0 Å². The fraction of sp³-hybridized carbons (Fsp3) is 0.158. The summed E-state index contributed by atoms with van der Waals surface area (Å²) < 4.78 is 5.29. The first-order valence-corrected chi connectivity index (χ1v) is 7.63. The number of carbonyl (C=O) groups is 1. The van der Waals surface area contributed by atoms with Crippen molar-refractivity contribution in [2.45, 2.75) is 12.5 Å². The zero-order valence-corrected chi connectivity index (χ0v) is 13.3. The Morgan fingerprint density at radius 1 is 1.17 bits per heavy atom. The van der Waals surface area contributed by atoms with Gasteiger partial charge in [0.1, 0.15) is 11.3 Å². The van der Waals surface area contributed by atoms with Crippen molar-refractivity contribution in [3.05, 3.63) is 66.4 Å². The van der Waals surface area contributed by atoms with Gasteiger partial charge in [0, 0.05) is 11.6 Å². The van der Waals surface area contributed by atoms with Crippen LogP contribution in [-0.4, -0.2) is 23.1 Å². The number of ether oxygens (including phenoxy) is 1. The second-order valence-electron chi connectivity index (χ2n) is 5.39. The molecule has 1 atom stereocenters. The molecule has 0 saturated carbocycles. The smallest absolute Gasteiger partial charge is 0.227 e. The van der Waals surface area contributed by atoms with E-state index in [4.69, 9.17) is 4.74 Å². The van der Waals surface area contributed by atoms with E-state index in [1.54, 1.807) is 43.6 Å². The molecule has 1 unspecified atom stereocenters. The summed E-state index contributed by atoms with van der Waals surface area (Å²) in [6.07, 6.45) is 0.821. The highest BCUT2D eigenvalue weighted by molar-refractivity contribution is 6.02. The lowest BCUT2D eigenvalue weighted by molar-refractivity contribution is -0.118. The normalized spacial score (nSPS) is 11.9. The van der Waals surface area contributed by atoms with Crippen molar-refractivity contribution >= 4 is 22.5 Å². The molecule has 0 fully saturated rings. The molecule has 3 rings (SSSR count). The number of carbonyl (C=O) groups excluding carboxylic acids is 1. The third-order valence-corrected chi connectivity index (χ3v) is 3.79. The molecular weight excluding hydrogens is 304 g/mol. The summed E-state index contributed by atoms with van der Waals surface area (Å²) in [6, 6.07) is 16.3. The van der Waals surface area contributed by atoms with Gasteiger partial charge in [-0.1, -0.05) is 30.3 Å². The minimum Gasteiger partial charge on any atom is -0.494 e. The monoisotopic (exact) mass is 322 g/mol. The maximum atomic E-state index is 12.3. The molecule has 1 heterocycles. The second-order valence-corrected chi connectivity index (χ2v) is 5.39. The van der Waals surface area contributed by atoms with Crippen LogP contribution in [0.15, 0.2) is 60.8 Å². The number of nitrogens with one attached hydrogen (secondary N) is 1. The predicted molar refractivity (Wildman–Crippen MR) is 92.9 cm³/mol. The van der Waals surface area contributed by atoms with Crippen molar-refractivity contribution in [1.82, 2.24) is 4.98 Å². The van der Waals surface area contributed by atoms with Gasteiger partial charge in [0.05, 0.1) is 25.3 Å². The number of pyridine rings is 1. The van der Waals surface area contributed by atoms with E-state index in [0.29, 0.717) is 22.5 Å². The number of rotatable bonds is 5. The quantitative estimate of drug-likeness (QED) is 0.756. The van der Waals surface area contributed by atoms with Crippen LogP contribution in [0.3, 0.4) is 0 Å². The highest BCUT2D eigenvalue weighted by Gasteiger charge is 2.15. The Balaban J connectivity index is 1.79. The Kier molecular flexibility index (Phi) is 4.72. The Labute approximate surface area is 139 Å². The molecule has 2 N–H and O–H groups in total. The van der Waals surface area contributed by atoms with E-state index in [2.05, 4.69) is 10.3 Å². The van der Waals surface area contributed by atoms with Gasteiger partial charge >= 0.3 is 0 Å². The van der Waals surface area contributed by atoms with Gasteiger partial charge in [0.15, 0.2) is 0 Å². The fourth-order valence-electron chi connectivity index (χ4n) is 2.59. The molecule has 0 aliphatic rings. The van der Waals surface area contributed by atoms with Gasteiger partial charge in [-0.25, -0.2) is 0 Å². The van der Waals surface area contributed by atoms with Crippen molar-refractivity contribution in [3.8, 4) is 5.75 Å². The molecule has 122 valence electrons. The summed E-state index contributed by atoms with van der Waals surface area (Å²) in [5, 5.41) is 13.8. The van der Waals surface area contributed by atoms with Crippen LogP contribution in [0.25, 0.3) is 10.9 Å². The van der Waals surface area contributed by atoms with Gasteiger partial charge in [-0.3, -0.25) is 9.78 Å². The van der Waals surface area contributed by atoms with Crippen molar-refractivity contribution in [2.75, 3.05) is 12.4 Å². The van der Waals surface area contributed by atoms with Crippen molar-refractivity contribution < 1.29 is 14.6 Å². The molecule has 2 aromatic carbocycles. The Hall–Kier alpha value is -2.92. The number of aromatic nitrogens is 1. The summed E-state index contributed by atoms with van der Waals surface area (Å²) in [5.41, 5.74) is 2.04. The van der Waals surface area contributed by atoms with Crippen molar-refractivity contribution in [2.24, 2.45) is 0 Å². The Morgan fingerprint density at radius 3 is 2.71 bits per heavy atom. The van der Waals surface area contributed by atoms with Gasteiger partial charge in [0.25, 0.3) is 0 Å². The number of methoxy groups -OCH3 is 1. The standard InChI is InChI=1S/C19H18N2O3/c1-24-17-10-9-15(14-8-5-11-20-19(14)17)21-18(23)12-16(22)13-6-3-2-4-7-13/h2-11,16,22H,12H2,1H3,(H,21,23). The number of aliphatic hydroxyl groups is 1. The molecule has 3 aromatic rings. The largest absolute Gasteiger partial charge is 0.494 e. The number of fused-ring (bicyclic) bond motifs is 1. The molecule has 0 aliphatic heterocycles. The molecule has 5 heteroatoms. The van der Waals surface area contributed by atoms with Crippen LogP contribution in [-0.2, 0) is 4.79 Å². The van der Waals surface area contributed by atoms with Crippen molar-refractivity contribution in [3.63, 3.8) is 0 Å². The van der Waals surface area contributed by atoms with Crippen LogP contribution < -0.4 is 10.1 Å². The summed E-state index contributed by atoms with van der Waals surface area (Å²) in [4.78, 5) is 16.6. The number of amides is 1. The van der Waals surface area contributed by atoms with Crippen LogP contribution in [0.4, 0.5) is 5.69 Å². The van der Waals surface area contributed by atoms with E-state index in [0.717, 1.165) is 5.39 Å². The molecule has 0 bridgehead atoms. The van der Waals surface area contributed by atoms with Gasteiger partial charge in [-0.15, -0.1) is 0 Å². The lowest BCUT2D eigenvalue weighted by Crippen LogP contribution is -2.15. The molecule has 0 radical (unpaired) electrons. The minimum atomic E-state index is -0.839. The summed E-state index contributed by atoms with van der Waals surface area (Å²) >= 11 is 0. The molecule has 5 nitrogen and oxygen atoms in total. The first-order valence-electron chi connectivity index (χ1n) is 7.63. The van der Waals surface area contributed by atoms with Crippen molar-refractivity contribution in [1.29, 1.82) is 0 Å². The van der Waals surface area contributed by atoms with Gasteiger partial charge < -0.3 is 15.2 Å². The minimum absolute atomic E-state index is 0.0161. The van der Waals surface area contributed by atoms with E-state index < -0.39 is 6.10 Å². The lowest BCUT2D eigenvalue weighted by atomic mass is 10.1. The number of nitrogens with zero attached hydrogens (tertiary/aromatic N) is 1. The lowest BCUT2D eigenvalue weighted by Gasteiger charge is -2.13. The van der Waals surface area contributed by atoms with Crippen LogP contribution in [0.5, 0.6) is 5.75 Å². The number of benzene rings is 2. The zero-order valence-electron chi connectivity index (χ0n) is 13.3. The predicted octanol–water partition coefficient (Wildman–Crippen LogP) is 3.31. The molecule has 0 spiro atoms. The van der Waals surface area contributed by atoms with E-state index in [1.165, 1.54) is 0 Å². The molecule has 1 amide bonds. The average molecular weight is 322 g/mol. The number of hydrogen-bond acceptors (Lipinski definition) is 4. The highest BCUT2D eigenvalue weighted by atomic mass is 16.5. The topological polar surface area (TPSA) is 71.5 Å². The van der Waals surface area contributed by atoms with Gasteiger partial charge in [-0.05, 0) is 29.8 Å². The SMILES string of the molecule is COc1ccc(NC(=O)CC(O)c2ccccc2)c2cccnc12. The Morgan fingerprint density at radius 2 is 1.96 bits per heavy atom. The van der Waals surface area contributed by atoms with Crippen LogP contribution in [0, 0.1) is 0 Å². The first-order chi connectivity index (χ1) is 11.7. The summed E-state index contributed by atoms with van der Waals surface area (Å²) in [6.45, 7) is 0. The molecule has 0 aliphatic carbocycles. The third-order valence-electron chi connectivity index (χ3n) is 3.79. The summed E-state index contributed by atoms with van der Waals surface area (Å²) in [7, 11) is 1.58. The maximum absolute atomic E-state index is 12.3. The maximum Gasteiger partial charge on any atom is 0.227 e. The van der Waals surface area contributed by atoms with E-state index in [-0.39, 0.29) is 12.3 Å². The number of anilines is 1. The van der Waals surface area contributed by atoms with Gasteiger partial charge in [0.2, 0.25) is 5.91 Å². The third kappa shape index (κ3) is 3.36. The first kappa shape index (κ1) is 16.0.